The molecule has 1 aliphatic rings. The van der Waals surface area contributed by atoms with Crippen molar-refractivity contribution in [2.45, 2.75) is 13.0 Å². The minimum absolute atomic E-state index is 0.0969. The Morgan fingerprint density at radius 3 is 2.54 bits per heavy atom. The van der Waals surface area contributed by atoms with Gasteiger partial charge in [-0.25, -0.2) is 0 Å². The van der Waals surface area contributed by atoms with Crippen molar-refractivity contribution < 1.29 is 14.3 Å². The van der Waals surface area contributed by atoms with E-state index >= 15 is 0 Å². The van der Waals surface area contributed by atoms with Gasteiger partial charge < -0.3 is 25.4 Å². The highest BCUT2D eigenvalue weighted by Gasteiger charge is 2.19. The number of carbonyl (C=O) groups is 1. The second-order valence-electron chi connectivity index (χ2n) is 6.63. The molecule has 3 N–H and O–H groups in total. The van der Waals surface area contributed by atoms with Gasteiger partial charge in [0.2, 0.25) is 0 Å². The molecule has 1 saturated heterocycles. The number of hydrogen-bond donors (Lipinski definition) is 2. The number of ether oxygens (including phenoxy) is 2. The molecule has 0 radical (unpaired) electrons. The molecule has 28 heavy (non-hydrogen) atoms. The number of piperazine rings is 1. The van der Waals surface area contributed by atoms with Gasteiger partial charge in [0.25, 0.3) is 5.91 Å². The van der Waals surface area contributed by atoms with Crippen LogP contribution in [0.15, 0.2) is 30.0 Å². The number of amides is 1. The maximum atomic E-state index is 12.6. The van der Waals surface area contributed by atoms with Gasteiger partial charge in [-0.05, 0) is 24.6 Å². The van der Waals surface area contributed by atoms with E-state index in [1.54, 1.807) is 26.5 Å². The quantitative estimate of drug-likeness (QED) is 0.504. The maximum Gasteiger partial charge on any atom is 0.263 e. The van der Waals surface area contributed by atoms with Gasteiger partial charge in [-0.1, -0.05) is 6.07 Å². The first-order chi connectivity index (χ1) is 13.5. The summed E-state index contributed by atoms with van der Waals surface area (Å²) >= 11 is 0. The number of methoxy groups -OCH3 is 2. The number of nitriles is 1. The van der Waals surface area contributed by atoms with Crippen LogP contribution < -0.4 is 20.5 Å². The normalized spacial score (nSPS) is 16.2. The highest BCUT2D eigenvalue weighted by Crippen LogP contribution is 2.29. The van der Waals surface area contributed by atoms with Crippen LogP contribution >= 0.6 is 0 Å². The second kappa shape index (κ2) is 10.5. The van der Waals surface area contributed by atoms with Crippen molar-refractivity contribution in [2.24, 2.45) is 5.73 Å². The fourth-order valence-electron chi connectivity index (χ4n) is 3.10. The van der Waals surface area contributed by atoms with E-state index in [4.69, 9.17) is 15.2 Å². The lowest BCUT2D eigenvalue weighted by atomic mass is 10.1. The lowest BCUT2D eigenvalue weighted by molar-refractivity contribution is -0.117. The standard InChI is InChI=1S/C20H29N5O3/c1-15(16-4-5-18(27-2)19(12-16)28-3)23-20(26)17(13-22)14-25-10-8-24(7-6-21)9-11-25/h4-5,12,14-15H,6-11,21H2,1-3H3,(H,23,26)/b17-14-. The summed E-state index contributed by atoms with van der Waals surface area (Å²) in [4.78, 5) is 16.8. The summed E-state index contributed by atoms with van der Waals surface area (Å²) in [5.74, 6) is 0.817. The monoisotopic (exact) mass is 387 g/mol. The van der Waals surface area contributed by atoms with E-state index < -0.39 is 5.91 Å². The number of rotatable bonds is 8. The molecule has 1 unspecified atom stereocenters. The third kappa shape index (κ3) is 5.62. The highest BCUT2D eigenvalue weighted by atomic mass is 16.5. The molecule has 0 spiro atoms. The third-order valence-corrected chi connectivity index (χ3v) is 4.78. The Hall–Kier alpha value is -2.76. The minimum Gasteiger partial charge on any atom is -0.493 e. The molecule has 0 bridgehead atoms. The van der Waals surface area contributed by atoms with Crippen LogP contribution in [0, 0.1) is 11.3 Å². The fourth-order valence-corrected chi connectivity index (χ4v) is 3.10. The first-order valence-corrected chi connectivity index (χ1v) is 9.33. The predicted octanol–water partition coefficient (Wildman–Crippen LogP) is 0.865. The summed E-state index contributed by atoms with van der Waals surface area (Å²) in [6.45, 7) is 6.64. The van der Waals surface area contributed by atoms with Crippen LogP contribution in [0.4, 0.5) is 0 Å². The Morgan fingerprint density at radius 2 is 1.96 bits per heavy atom. The molecule has 1 amide bonds. The number of nitrogens with one attached hydrogen (secondary N) is 1. The lowest BCUT2D eigenvalue weighted by Crippen LogP contribution is -2.46. The van der Waals surface area contributed by atoms with Crippen molar-refractivity contribution in [3.05, 3.63) is 35.5 Å². The Morgan fingerprint density at radius 1 is 1.29 bits per heavy atom. The van der Waals surface area contributed by atoms with Gasteiger partial charge in [0, 0.05) is 45.5 Å². The van der Waals surface area contributed by atoms with Gasteiger partial charge in [0.1, 0.15) is 11.6 Å². The van der Waals surface area contributed by atoms with Crippen LogP contribution in [0.25, 0.3) is 0 Å². The van der Waals surface area contributed by atoms with Crippen molar-refractivity contribution in [3.63, 3.8) is 0 Å². The van der Waals surface area contributed by atoms with Gasteiger partial charge in [-0.3, -0.25) is 9.69 Å². The summed E-state index contributed by atoms with van der Waals surface area (Å²) in [6.07, 6.45) is 1.65. The van der Waals surface area contributed by atoms with Gasteiger partial charge in [-0.2, -0.15) is 5.26 Å². The maximum absolute atomic E-state index is 12.6. The highest BCUT2D eigenvalue weighted by molar-refractivity contribution is 5.97. The predicted molar refractivity (Wildman–Crippen MR) is 107 cm³/mol. The van der Waals surface area contributed by atoms with E-state index in [1.807, 2.05) is 30.0 Å². The largest absolute Gasteiger partial charge is 0.493 e. The SMILES string of the molecule is COc1ccc(C(C)NC(=O)/C(C#N)=C\N2CCN(CCN)CC2)cc1OC. The summed E-state index contributed by atoms with van der Waals surface area (Å²) in [5.41, 5.74) is 6.54. The zero-order valence-electron chi connectivity index (χ0n) is 16.8. The smallest absolute Gasteiger partial charge is 0.263 e. The average molecular weight is 387 g/mol. The summed E-state index contributed by atoms with van der Waals surface area (Å²) in [6, 6.07) is 7.19. The number of hydrogen-bond acceptors (Lipinski definition) is 7. The third-order valence-electron chi connectivity index (χ3n) is 4.78. The average Bonchev–Trinajstić information content (AvgIpc) is 2.72. The van der Waals surface area contributed by atoms with Crippen molar-refractivity contribution in [2.75, 3.05) is 53.5 Å². The topological polar surface area (TPSA) is 104 Å². The molecule has 1 atom stereocenters. The van der Waals surface area contributed by atoms with Crippen molar-refractivity contribution >= 4 is 5.91 Å². The van der Waals surface area contributed by atoms with E-state index in [1.165, 1.54) is 0 Å². The van der Waals surface area contributed by atoms with Gasteiger partial charge >= 0.3 is 0 Å². The number of nitrogens with zero attached hydrogens (tertiary/aromatic N) is 3. The Bertz CT molecular complexity index is 736. The first kappa shape index (κ1) is 21.5. The molecule has 1 heterocycles. The molecular weight excluding hydrogens is 358 g/mol. The van der Waals surface area contributed by atoms with Gasteiger partial charge in [0.15, 0.2) is 11.5 Å². The van der Waals surface area contributed by atoms with Crippen LogP contribution in [0.2, 0.25) is 0 Å². The van der Waals surface area contributed by atoms with Crippen LogP contribution in [-0.4, -0.2) is 69.2 Å². The molecule has 0 saturated carbocycles. The molecule has 8 heteroatoms. The zero-order valence-corrected chi connectivity index (χ0v) is 16.8. The molecule has 1 fully saturated rings. The van der Waals surface area contributed by atoms with E-state index in [-0.39, 0.29) is 11.6 Å². The summed E-state index contributed by atoms with van der Waals surface area (Å²) in [5, 5.41) is 12.3. The van der Waals surface area contributed by atoms with Crippen LogP contribution in [0.5, 0.6) is 11.5 Å². The van der Waals surface area contributed by atoms with Gasteiger partial charge in [0.05, 0.1) is 20.3 Å². The van der Waals surface area contributed by atoms with E-state index in [0.717, 1.165) is 38.3 Å². The fraction of sp³-hybridized carbons (Fsp3) is 0.500. The number of nitrogens with two attached hydrogens (primary N) is 1. The van der Waals surface area contributed by atoms with E-state index in [0.29, 0.717) is 18.0 Å². The van der Waals surface area contributed by atoms with Crippen LogP contribution in [0.1, 0.15) is 18.5 Å². The number of benzene rings is 1. The van der Waals surface area contributed by atoms with Crippen LogP contribution in [0.3, 0.4) is 0 Å². The minimum atomic E-state index is -0.394. The molecule has 0 aromatic heterocycles. The molecule has 1 aromatic carbocycles. The number of carbonyl (C=O) groups excluding carboxylic acids is 1. The molecule has 8 nitrogen and oxygen atoms in total. The van der Waals surface area contributed by atoms with Crippen LogP contribution in [-0.2, 0) is 4.79 Å². The summed E-state index contributed by atoms with van der Waals surface area (Å²) in [7, 11) is 3.14. The molecular formula is C20H29N5O3. The van der Waals surface area contributed by atoms with E-state index in [2.05, 4.69) is 10.2 Å². The molecule has 2 rings (SSSR count). The van der Waals surface area contributed by atoms with Crippen molar-refractivity contribution in [1.29, 1.82) is 5.26 Å². The van der Waals surface area contributed by atoms with Gasteiger partial charge in [-0.15, -0.1) is 0 Å². The first-order valence-electron chi connectivity index (χ1n) is 9.33. The lowest BCUT2D eigenvalue weighted by Gasteiger charge is -2.33. The Kier molecular flexibility index (Phi) is 8.11. The molecule has 0 aliphatic carbocycles. The summed E-state index contributed by atoms with van der Waals surface area (Å²) < 4.78 is 10.5. The molecule has 1 aromatic rings. The zero-order chi connectivity index (χ0) is 20.5. The second-order valence-corrected chi connectivity index (χ2v) is 6.63. The molecule has 152 valence electrons. The molecule has 1 aliphatic heterocycles. The van der Waals surface area contributed by atoms with Crippen molar-refractivity contribution in [1.82, 2.24) is 15.1 Å². The Labute approximate surface area is 166 Å². The Balaban J connectivity index is 2.01. The van der Waals surface area contributed by atoms with E-state index in [9.17, 15) is 10.1 Å². The van der Waals surface area contributed by atoms with Crippen molar-refractivity contribution in [3.8, 4) is 17.6 Å².